The molecular formula is C14H9F4NO. The molecule has 2 aromatic rings. The number of carbonyl (C=O) groups excluding carboxylic acids is 1. The molecule has 0 aliphatic rings. The fourth-order valence-corrected chi connectivity index (χ4v) is 1.66. The van der Waals surface area contributed by atoms with Crippen LogP contribution in [-0.2, 0) is 0 Å². The molecule has 0 saturated carbocycles. The van der Waals surface area contributed by atoms with E-state index in [2.05, 4.69) is 0 Å². The first-order valence-electron chi connectivity index (χ1n) is 5.61. The van der Waals surface area contributed by atoms with Crippen molar-refractivity contribution in [3.05, 3.63) is 64.7 Å². The average molecular weight is 283 g/mol. The Morgan fingerprint density at radius 3 is 2.45 bits per heavy atom. The van der Waals surface area contributed by atoms with Crippen LogP contribution in [0, 0.1) is 30.2 Å². The summed E-state index contributed by atoms with van der Waals surface area (Å²) in [6.45, 7) is 1.45. The van der Waals surface area contributed by atoms with Crippen LogP contribution in [0.25, 0.3) is 0 Å². The fourth-order valence-electron chi connectivity index (χ4n) is 1.66. The van der Waals surface area contributed by atoms with E-state index in [-0.39, 0.29) is 11.1 Å². The van der Waals surface area contributed by atoms with Gasteiger partial charge in [0.15, 0.2) is 11.6 Å². The topological polar surface area (TPSA) is 29.1 Å². The molecule has 20 heavy (non-hydrogen) atoms. The second-order valence-corrected chi connectivity index (χ2v) is 4.14. The zero-order chi connectivity index (χ0) is 14.9. The Hall–Kier alpha value is -2.37. The van der Waals surface area contributed by atoms with Gasteiger partial charge in [0.1, 0.15) is 11.6 Å². The predicted molar refractivity (Wildman–Crippen MR) is 65.4 cm³/mol. The number of benzene rings is 2. The van der Waals surface area contributed by atoms with Gasteiger partial charge in [-0.2, -0.15) is 0 Å². The monoisotopic (exact) mass is 283 g/mol. The molecule has 104 valence electrons. The Morgan fingerprint density at radius 2 is 1.75 bits per heavy atom. The quantitative estimate of drug-likeness (QED) is 0.659. The van der Waals surface area contributed by atoms with Crippen molar-refractivity contribution in [1.82, 2.24) is 0 Å². The lowest BCUT2D eigenvalue weighted by molar-refractivity contribution is 0.102. The highest BCUT2D eigenvalue weighted by Gasteiger charge is 2.17. The van der Waals surface area contributed by atoms with Gasteiger partial charge in [0.25, 0.3) is 5.91 Å². The van der Waals surface area contributed by atoms with Crippen molar-refractivity contribution in [1.29, 1.82) is 0 Å². The van der Waals surface area contributed by atoms with Gasteiger partial charge in [-0.1, -0.05) is 12.1 Å². The highest BCUT2D eigenvalue weighted by molar-refractivity contribution is 6.04. The minimum Gasteiger partial charge on any atom is -0.319 e. The maximum atomic E-state index is 13.7. The molecule has 0 heterocycles. The Balaban J connectivity index is 2.35. The van der Waals surface area contributed by atoms with Crippen molar-refractivity contribution in [3.8, 4) is 0 Å². The van der Waals surface area contributed by atoms with Crippen LogP contribution in [0.2, 0.25) is 0 Å². The van der Waals surface area contributed by atoms with Crippen molar-refractivity contribution in [2.75, 3.05) is 5.32 Å². The summed E-state index contributed by atoms with van der Waals surface area (Å²) in [4.78, 5) is 11.8. The van der Waals surface area contributed by atoms with E-state index in [1.807, 2.05) is 5.32 Å². The van der Waals surface area contributed by atoms with E-state index in [4.69, 9.17) is 0 Å². The third-order valence-corrected chi connectivity index (χ3v) is 2.68. The third kappa shape index (κ3) is 2.64. The molecule has 6 heteroatoms. The van der Waals surface area contributed by atoms with E-state index >= 15 is 0 Å². The Bertz CT molecular complexity index is 685. The van der Waals surface area contributed by atoms with Gasteiger partial charge in [-0.25, -0.2) is 17.6 Å². The number of hydrogen-bond acceptors (Lipinski definition) is 1. The van der Waals surface area contributed by atoms with Gasteiger partial charge in [0, 0.05) is 12.1 Å². The molecule has 0 fully saturated rings. The van der Waals surface area contributed by atoms with Crippen LogP contribution in [0.4, 0.5) is 23.2 Å². The summed E-state index contributed by atoms with van der Waals surface area (Å²) in [6, 6.07) is 5.04. The van der Waals surface area contributed by atoms with E-state index in [9.17, 15) is 22.4 Å². The van der Waals surface area contributed by atoms with Crippen LogP contribution in [-0.4, -0.2) is 5.91 Å². The summed E-state index contributed by atoms with van der Waals surface area (Å²) in [5, 5.41) is 1.94. The largest absolute Gasteiger partial charge is 0.319 e. The predicted octanol–water partition coefficient (Wildman–Crippen LogP) is 3.80. The number of halogens is 4. The molecule has 1 amide bonds. The molecule has 0 aromatic heterocycles. The fraction of sp³-hybridized carbons (Fsp3) is 0.0714. The lowest BCUT2D eigenvalue weighted by atomic mass is 10.1. The molecule has 0 atom stereocenters. The van der Waals surface area contributed by atoms with Crippen molar-refractivity contribution in [3.63, 3.8) is 0 Å². The lowest BCUT2D eigenvalue weighted by Crippen LogP contribution is -2.16. The normalized spacial score (nSPS) is 10.4. The third-order valence-electron chi connectivity index (χ3n) is 2.68. The molecule has 0 spiro atoms. The van der Waals surface area contributed by atoms with Crippen LogP contribution < -0.4 is 5.32 Å². The number of anilines is 1. The number of amides is 1. The standard InChI is InChI=1S/C14H9F4NO/c1-7-3-2-4-9(12(7)17)14(20)19-11-6-8(15)5-10(16)13(11)18/h2-6H,1H3,(H,19,20). The van der Waals surface area contributed by atoms with Crippen LogP contribution in [0.15, 0.2) is 30.3 Å². The minimum absolute atomic E-state index is 0.226. The molecule has 2 aromatic carbocycles. The molecular weight excluding hydrogens is 274 g/mol. The molecule has 0 unspecified atom stereocenters. The lowest BCUT2D eigenvalue weighted by Gasteiger charge is -2.09. The van der Waals surface area contributed by atoms with E-state index in [1.54, 1.807) is 0 Å². The first-order valence-corrected chi connectivity index (χ1v) is 5.61. The SMILES string of the molecule is Cc1cccc(C(=O)Nc2cc(F)cc(F)c2F)c1F. The number of hydrogen-bond donors (Lipinski definition) is 1. The summed E-state index contributed by atoms with van der Waals surface area (Å²) in [5.41, 5.74) is -0.800. The first-order chi connectivity index (χ1) is 9.40. The molecule has 0 saturated heterocycles. The first kappa shape index (κ1) is 14.0. The van der Waals surface area contributed by atoms with Gasteiger partial charge >= 0.3 is 0 Å². The second kappa shape index (κ2) is 5.32. The molecule has 2 rings (SSSR count). The summed E-state index contributed by atoms with van der Waals surface area (Å²) < 4.78 is 53.1. The van der Waals surface area contributed by atoms with E-state index in [0.29, 0.717) is 12.1 Å². The van der Waals surface area contributed by atoms with Gasteiger partial charge in [-0.3, -0.25) is 4.79 Å². The number of aryl methyl sites for hydroxylation is 1. The summed E-state index contributed by atoms with van der Waals surface area (Å²) in [5.74, 6) is -5.67. The van der Waals surface area contributed by atoms with Gasteiger partial charge in [-0.05, 0) is 18.6 Å². The minimum atomic E-state index is -1.44. The number of nitrogens with one attached hydrogen (secondary N) is 1. The van der Waals surface area contributed by atoms with Crippen molar-refractivity contribution in [2.24, 2.45) is 0 Å². The van der Waals surface area contributed by atoms with E-state index in [0.717, 1.165) is 0 Å². The maximum Gasteiger partial charge on any atom is 0.258 e. The highest BCUT2D eigenvalue weighted by Crippen LogP contribution is 2.21. The smallest absolute Gasteiger partial charge is 0.258 e. The molecule has 0 radical (unpaired) electrons. The van der Waals surface area contributed by atoms with Crippen LogP contribution in [0.5, 0.6) is 0 Å². The van der Waals surface area contributed by atoms with Crippen molar-refractivity contribution >= 4 is 11.6 Å². The van der Waals surface area contributed by atoms with Gasteiger partial charge in [0.05, 0.1) is 11.3 Å². The van der Waals surface area contributed by atoms with Gasteiger partial charge in [0.2, 0.25) is 0 Å². The van der Waals surface area contributed by atoms with Crippen LogP contribution >= 0.6 is 0 Å². The average Bonchev–Trinajstić information content (AvgIpc) is 2.38. The molecule has 0 aliphatic heterocycles. The molecule has 1 N–H and O–H groups in total. The molecule has 2 nitrogen and oxygen atoms in total. The number of carbonyl (C=O) groups is 1. The second-order valence-electron chi connectivity index (χ2n) is 4.14. The summed E-state index contributed by atoms with van der Waals surface area (Å²) in [7, 11) is 0. The maximum absolute atomic E-state index is 13.7. The zero-order valence-corrected chi connectivity index (χ0v) is 10.3. The summed E-state index contributed by atoms with van der Waals surface area (Å²) >= 11 is 0. The molecule has 0 aliphatic carbocycles. The Labute approximate surface area is 112 Å². The number of rotatable bonds is 2. The van der Waals surface area contributed by atoms with Crippen molar-refractivity contribution < 1.29 is 22.4 Å². The Kier molecular flexibility index (Phi) is 3.74. The van der Waals surface area contributed by atoms with Gasteiger partial charge in [-0.15, -0.1) is 0 Å². The summed E-state index contributed by atoms with van der Waals surface area (Å²) in [6.07, 6.45) is 0. The van der Waals surface area contributed by atoms with E-state index in [1.165, 1.54) is 25.1 Å². The van der Waals surface area contributed by atoms with E-state index < -0.39 is 34.9 Å². The van der Waals surface area contributed by atoms with Crippen LogP contribution in [0.3, 0.4) is 0 Å². The Morgan fingerprint density at radius 1 is 1.05 bits per heavy atom. The zero-order valence-electron chi connectivity index (χ0n) is 10.3. The van der Waals surface area contributed by atoms with Crippen molar-refractivity contribution in [2.45, 2.75) is 6.92 Å². The molecule has 0 bridgehead atoms. The van der Waals surface area contributed by atoms with Crippen LogP contribution in [0.1, 0.15) is 15.9 Å². The van der Waals surface area contributed by atoms with Gasteiger partial charge < -0.3 is 5.32 Å². The highest BCUT2D eigenvalue weighted by atomic mass is 19.2.